The number of allylic oxidation sites excluding steroid dienone is 1. The highest BCUT2D eigenvalue weighted by atomic mass is 19.1. The normalized spacial score (nSPS) is 27.1. The van der Waals surface area contributed by atoms with Crippen LogP contribution in [0.25, 0.3) is 0 Å². The van der Waals surface area contributed by atoms with Gasteiger partial charge in [0.25, 0.3) is 0 Å². The highest BCUT2D eigenvalue weighted by molar-refractivity contribution is 5.92. The monoisotopic (exact) mass is 415 g/mol. The summed E-state index contributed by atoms with van der Waals surface area (Å²) >= 11 is 0. The smallest absolute Gasteiger partial charge is 0.229 e. The molecule has 1 aromatic rings. The zero-order valence-electron chi connectivity index (χ0n) is 17.4. The number of aromatic nitrogens is 1. The van der Waals surface area contributed by atoms with E-state index in [1.54, 1.807) is 6.07 Å². The number of amidine groups is 1. The summed E-state index contributed by atoms with van der Waals surface area (Å²) in [4.78, 5) is 21.2. The molecule has 1 aromatic heterocycles. The van der Waals surface area contributed by atoms with Crippen molar-refractivity contribution in [3.05, 3.63) is 35.9 Å². The summed E-state index contributed by atoms with van der Waals surface area (Å²) in [7, 11) is 0. The van der Waals surface area contributed by atoms with Gasteiger partial charge < -0.3 is 20.7 Å². The van der Waals surface area contributed by atoms with Crippen LogP contribution >= 0.6 is 0 Å². The molecule has 4 rings (SSSR count). The van der Waals surface area contributed by atoms with Crippen molar-refractivity contribution in [2.45, 2.75) is 38.5 Å². The second-order valence-corrected chi connectivity index (χ2v) is 8.77. The first-order chi connectivity index (χ1) is 14.5. The van der Waals surface area contributed by atoms with Gasteiger partial charge in [0.05, 0.1) is 12.1 Å². The van der Waals surface area contributed by atoms with Gasteiger partial charge in [-0.1, -0.05) is 13.0 Å². The van der Waals surface area contributed by atoms with E-state index in [0.29, 0.717) is 24.3 Å². The van der Waals surface area contributed by atoms with Crippen LogP contribution in [0.3, 0.4) is 0 Å². The number of hydrogen-bond donors (Lipinski definition) is 3. The Balaban J connectivity index is 1.43. The van der Waals surface area contributed by atoms with Crippen molar-refractivity contribution in [3.63, 3.8) is 0 Å². The number of nitrogens with zero attached hydrogens (tertiary/aromatic N) is 2. The summed E-state index contributed by atoms with van der Waals surface area (Å²) in [6.45, 7) is 6.05. The van der Waals surface area contributed by atoms with Crippen LogP contribution in [0.1, 0.15) is 44.1 Å². The second-order valence-electron chi connectivity index (χ2n) is 8.77. The molecule has 3 aliphatic rings. The Morgan fingerprint density at radius 2 is 2.27 bits per heavy atom. The van der Waals surface area contributed by atoms with Crippen LogP contribution in [-0.2, 0) is 9.53 Å². The van der Waals surface area contributed by atoms with E-state index in [2.05, 4.69) is 27.9 Å². The molecule has 0 bridgehead atoms. The molecule has 0 aliphatic carbocycles. The molecule has 0 radical (unpaired) electrons. The van der Waals surface area contributed by atoms with Gasteiger partial charge in [-0.3, -0.25) is 9.79 Å². The fourth-order valence-corrected chi connectivity index (χ4v) is 4.14. The largest absolute Gasteiger partial charge is 0.381 e. The molecule has 7 nitrogen and oxygen atoms in total. The maximum Gasteiger partial charge on any atom is 0.229 e. The number of carbonyl (C=O) groups excluding carboxylic acids is 1. The van der Waals surface area contributed by atoms with Crippen LogP contribution in [0.2, 0.25) is 0 Å². The average molecular weight is 416 g/mol. The molecule has 8 heteroatoms. The Morgan fingerprint density at radius 1 is 1.43 bits per heavy atom. The fourth-order valence-electron chi connectivity index (χ4n) is 4.14. The summed E-state index contributed by atoms with van der Waals surface area (Å²) < 4.78 is 20.0. The third-order valence-electron chi connectivity index (χ3n) is 6.31. The van der Waals surface area contributed by atoms with Gasteiger partial charge in [-0.2, -0.15) is 0 Å². The van der Waals surface area contributed by atoms with E-state index in [4.69, 9.17) is 9.73 Å². The number of hydrogen-bond acceptors (Lipinski definition) is 5. The number of ether oxygens (including phenoxy) is 1. The Hall–Kier alpha value is -2.32. The van der Waals surface area contributed by atoms with Gasteiger partial charge in [0.1, 0.15) is 17.5 Å². The lowest BCUT2D eigenvalue weighted by Crippen LogP contribution is -2.31. The van der Waals surface area contributed by atoms with E-state index < -0.39 is 0 Å². The number of anilines is 1. The molecule has 2 fully saturated rings. The third-order valence-corrected chi connectivity index (χ3v) is 6.31. The van der Waals surface area contributed by atoms with Crippen molar-refractivity contribution in [1.29, 1.82) is 0 Å². The lowest BCUT2D eigenvalue weighted by Gasteiger charge is -2.32. The fraction of sp³-hybridized carbons (Fsp3) is 0.591. The predicted octanol–water partition coefficient (Wildman–Crippen LogP) is 2.57. The van der Waals surface area contributed by atoms with E-state index in [1.807, 2.05) is 12.3 Å². The molecular formula is C22H30FN5O2. The van der Waals surface area contributed by atoms with Crippen LogP contribution < -0.4 is 16.0 Å². The van der Waals surface area contributed by atoms with Gasteiger partial charge in [0, 0.05) is 44.2 Å². The topological polar surface area (TPSA) is 87.6 Å². The van der Waals surface area contributed by atoms with Crippen molar-refractivity contribution in [3.8, 4) is 0 Å². The van der Waals surface area contributed by atoms with Crippen molar-refractivity contribution in [2.24, 2.45) is 16.3 Å². The average Bonchev–Trinajstić information content (AvgIpc) is 3.30. The Kier molecular flexibility index (Phi) is 6.43. The zero-order chi connectivity index (χ0) is 21.0. The molecule has 1 amide bonds. The van der Waals surface area contributed by atoms with E-state index in [-0.39, 0.29) is 29.0 Å². The zero-order valence-corrected chi connectivity index (χ0v) is 17.4. The van der Waals surface area contributed by atoms with Crippen LogP contribution in [-0.4, -0.2) is 49.6 Å². The molecule has 30 heavy (non-hydrogen) atoms. The molecule has 0 saturated carbocycles. The molecular weight excluding hydrogens is 385 g/mol. The molecule has 4 heterocycles. The van der Waals surface area contributed by atoms with Gasteiger partial charge >= 0.3 is 0 Å². The summed E-state index contributed by atoms with van der Waals surface area (Å²) in [5.74, 6) is 0.585. The third kappa shape index (κ3) is 5.05. The van der Waals surface area contributed by atoms with Gasteiger partial charge in [-0.25, -0.2) is 9.37 Å². The summed E-state index contributed by atoms with van der Waals surface area (Å²) in [6.07, 6.45) is 8.34. The standard InChI is InChI=1S/C22H30FN5O2/c1-22(4-8-30-9-5-22)14-27-19-10-15(3-7-25-19)17-11-20(26-13-18(17)23)28-21(29)16-2-6-24-12-16/h3,7,11,13,15-16,24H,2,4-6,8-10,12,14H2,1H3,(H,25,27)(H,26,28,29). The van der Waals surface area contributed by atoms with Crippen LogP contribution in [0.4, 0.5) is 10.2 Å². The molecule has 2 unspecified atom stereocenters. The molecule has 2 saturated heterocycles. The van der Waals surface area contributed by atoms with E-state index in [9.17, 15) is 9.18 Å². The predicted molar refractivity (Wildman–Crippen MR) is 114 cm³/mol. The number of nitrogens with one attached hydrogen (secondary N) is 3. The van der Waals surface area contributed by atoms with Gasteiger partial charge in [0.2, 0.25) is 5.91 Å². The first-order valence-corrected chi connectivity index (χ1v) is 10.7. The number of halogens is 1. The molecule has 162 valence electrons. The van der Waals surface area contributed by atoms with Crippen LogP contribution in [0.15, 0.2) is 29.5 Å². The molecule has 0 aromatic carbocycles. The van der Waals surface area contributed by atoms with Gasteiger partial charge in [0.15, 0.2) is 0 Å². The van der Waals surface area contributed by atoms with Crippen molar-refractivity contribution >= 4 is 17.6 Å². The van der Waals surface area contributed by atoms with Gasteiger partial charge in [-0.05, 0) is 43.5 Å². The lowest BCUT2D eigenvalue weighted by molar-refractivity contribution is -0.119. The van der Waals surface area contributed by atoms with E-state index in [0.717, 1.165) is 51.4 Å². The summed E-state index contributed by atoms with van der Waals surface area (Å²) in [5.41, 5.74) is 0.672. The quantitative estimate of drug-likeness (QED) is 0.688. The second kappa shape index (κ2) is 9.22. The number of carbonyl (C=O) groups is 1. The van der Waals surface area contributed by atoms with Crippen LogP contribution in [0, 0.1) is 17.2 Å². The van der Waals surface area contributed by atoms with Gasteiger partial charge in [-0.15, -0.1) is 0 Å². The highest BCUT2D eigenvalue weighted by Crippen LogP contribution is 2.31. The number of pyridine rings is 1. The Labute approximate surface area is 176 Å². The molecule has 2 atom stereocenters. The van der Waals surface area contributed by atoms with Crippen molar-refractivity contribution < 1.29 is 13.9 Å². The lowest BCUT2D eigenvalue weighted by atomic mass is 9.82. The summed E-state index contributed by atoms with van der Waals surface area (Å²) in [6, 6.07) is 1.65. The molecule has 3 N–H and O–H groups in total. The molecule has 0 spiro atoms. The first-order valence-electron chi connectivity index (χ1n) is 10.7. The Morgan fingerprint density at radius 3 is 3.03 bits per heavy atom. The summed E-state index contributed by atoms with van der Waals surface area (Å²) in [5, 5.41) is 9.22. The minimum Gasteiger partial charge on any atom is -0.381 e. The minimum atomic E-state index is -0.372. The SMILES string of the molecule is CC1(CN=C2CC(c3cc(NC(=O)C4CCNC4)ncc3F)C=CN2)CCOCC1. The van der Waals surface area contributed by atoms with Crippen molar-refractivity contribution in [1.82, 2.24) is 15.6 Å². The van der Waals surface area contributed by atoms with Crippen LogP contribution in [0.5, 0.6) is 0 Å². The minimum absolute atomic E-state index is 0.0654. The van der Waals surface area contributed by atoms with E-state index in [1.165, 1.54) is 6.20 Å². The number of rotatable bonds is 5. The number of amides is 1. The highest BCUT2D eigenvalue weighted by Gasteiger charge is 2.28. The number of aliphatic imine (C=N–C) groups is 1. The molecule has 3 aliphatic heterocycles. The maximum atomic E-state index is 14.6. The first kappa shape index (κ1) is 20.9. The Bertz CT molecular complexity index is 829. The van der Waals surface area contributed by atoms with E-state index >= 15 is 0 Å². The maximum absolute atomic E-state index is 14.6. The van der Waals surface area contributed by atoms with Crippen molar-refractivity contribution in [2.75, 3.05) is 38.2 Å².